The maximum Gasteiger partial charge on any atom is 0.159 e. The molecule has 3 rings (SSSR count). The number of benzene rings is 3. The number of rotatable bonds is 10. The third kappa shape index (κ3) is 6.96. The molecule has 0 fully saturated rings. The lowest BCUT2D eigenvalue weighted by Gasteiger charge is -2.14. The lowest BCUT2D eigenvalue weighted by Crippen LogP contribution is -2.06. The molecule has 0 bridgehead atoms. The van der Waals surface area contributed by atoms with E-state index in [1.807, 2.05) is 50.4 Å². The Hall–Kier alpha value is -3.63. The summed E-state index contributed by atoms with van der Waals surface area (Å²) in [4.78, 5) is 0. The molecule has 0 saturated heterocycles. The molecule has 3 aromatic carbocycles. The van der Waals surface area contributed by atoms with Gasteiger partial charge in [-0.15, -0.1) is 0 Å². The topological polar surface area (TPSA) is 54.3 Å². The highest BCUT2D eigenvalue weighted by atomic mass is 79.9. The number of methoxy groups -OCH3 is 1. The van der Waals surface area contributed by atoms with E-state index < -0.39 is 11.6 Å². The van der Waals surface area contributed by atoms with Crippen molar-refractivity contribution in [2.45, 2.75) is 33.3 Å². The Morgan fingerprint density at radius 3 is 2.58 bits per heavy atom. The van der Waals surface area contributed by atoms with E-state index in [0.29, 0.717) is 28.3 Å². The van der Waals surface area contributed by atoms with Crippen molar-refractivity contribution in [2.24, 2.45) is 0 Å². The van der Waals surface area contributed by atoms with Crippen LogP contribution in [0.1, 0.15) is 48.9 Å². The zero-order valence-corrected chi connectivity index (χ0v) is 22.0. The second kappa shape index (κ2) is 12.9. The molecule has 1 N–H and O–H groups in total. The maximum atomic E-state index is 13.8. The van der Waals surface area contributed by atoms with E-state index in [4.69, 9.17) is 9.47 Å². The highest BCUT2D eigenvalue weighted by Gasteiger charge is 2.10. The maximum absolute atomic E-state index is 13.8. The molecule has 0 amide bonds. The molecule has 7 heteroatoms. The molecule has 36 heavy (non-hydrogen) atoms. The van der Waals surface area contributed by atoms with Crippen LogP contribution in [-0.2, 0) is 6.61 Å². The minimum absolute atomic E-state index is 0.245. The fourth-order valence-electron chi connectivity index (χ4n) is 3.50. The number of unbranched alkanes of at least 4 members (excludes halogenated alkanes) is 1. The fraction of sp³-hybridized carbons (Fsp3) is 0.207. The summed E-state index contributed by atoms with van der Waals surface area (Å²) in [6, 6.07) is 17.0. The SMILES string of the molecule is CCC/C=C(/N/C=C(\C)c1ccc(OCc2ccc(Br)cc2C#N)cc1OC)c1ccc(F)c(F)c1. The van der Waals surface area contributed by atoms with Gasteiger partial charge >= 0.3 is 0 Å². The molecule has 0 aliphatic rings. The molecule has 0 unspecified atom stereocenters. The van der Waals surface area contributed by atoms with E-state index in [-0.39, 0.29) is 6.61 Å². The number of nitrogens with zero attached hydrogens (tertiary/aromatic N) is 1. The number of ether oxygens (including phenoxy) is 2. The molecule has 4 nitrogen and oxygen atoms in total. The molecule has 0 saturated carbocycles. The lowest BCUT2D eigenvalue weighted by atomic mass is 10.1. The average molecular weight is 553 g/mol. The standard InChI is InChI=1S/C29H27BrF2N2O2/c1-4-5-6-28(20-8-12-26(31)27(32)14-20)34-17-19(2)25-11-10-24(15-29(25)35-3)36-18-21-7-9-23(30)13-22(21)16-33/h6-15,17,34H,4-5,18H2,1-3H3/b19-17+,28-6+. The Labute approximate surface area is 219 Å². The predicted molar refractivity (Wildman–Crippen MR) is 142 cm³/mol. The molecule has 0 aromatic heterocycles. The van der Waals surface area contributed by atoms with Gasteiger partial charge in [0, 0.05) is 39.1 Å². The van der Waals surface area contributed by atoms with Crippen molar-refractivity contribution < 1.29 is 18.3 Å². The lowest BCUT2D eigenvalue weighted by molar-refractivity contribution is 0.303. The molecule has 0 aliphatic carbocycles. The van der Waals surface area contributed by atoms with Crippen LogP contribution < -0.4 is 14.8 Å². The van der Waals surface area contributed by atoms with Gasteiger partial charge in [-0.3, -0.25) is 0 Å². The van der Waals surface area contributed by atoms with Gasteiger partial charge in [-0.05, 0) is 61.4 Å². The summed E-state index contributed by atoms with van der Waals surface area (Å²) in [6.07, 6.45) is 5.48. The highest BCUT2D eigenvalue weighted by Crippen LogP contribution is 2.31. The summed E-state index contributed by atoms with van der Waals surface area (Å²) in [5.41, 5.74) is 4.31. The zero-order chi connectivity index (χ0) is 26.1. The van der Waals surface area contributed by atoms with Crippen LogP contribution in [0.3, 0.4) is 0 Å². The van der Waals surface area contributed by atoms with Crippen LogP contribution in [0.15, 0.2) is 71.3 Å². The number of hydrogen-bond donors (Lipinski definition) is 1. The first-order chi connectivity index (χ1) is 17.4. The van der Waals surface area contributed by atoms with Gasteiger partial charge in [-0.25, -0.2) is 8.78 Å². The van der Waals surface area contributed by atoms with Crippen LogP contribution >= 0.6 is 15.9 Å². The molecule has 0 atom stereocenters. The quantitative estimate of drug-likeness (QED) is 0.277. The monoisotopic (exact) mass is 552 g/mol. The molecule has 0 aliphatic heterocycles. The second-order valence-corrected chi connectivity index (χ2v) is 8.99. The predicted octanol–water partition coefficient (Wildman–Crippen LogP) is 7.98. The van der Waals surface area contributed by atoms with Crippen molar-refractivity contribution in [3.63, 3.8) is 0 Å². The van der Waals surface area contributed by atoms with Crippen molar-refractivity contribution in [2.75, 3.05) is 7.11 Å². The van der Waals surface area contributed by atoms with Crippen LogP contribution in [-0.4, -0.2) is 7.11 Å². The van der Waals surface area contributed by atoms with Crippen LogP contribution in [0.4, 0.5) is 8.78 Å². The van der Waals surface area contributed by atoms with Crippen LogP contribution in [0.2, 0.25) is 0 Å². The molecule has 0 heterocycles. The zero-order valence-electron chi connectivity index (χ0n) is 20.4. The summed E-state index contributed by atoms with van der Waals surface area (Å²) in [5.74, 6) is -0.546. The second-order valence-electron chi connectivity index (χ2n) is 8.07. The Kier molecular flexibility index (Phi) is 9.66. The van der Waals surface area contributed by atoms with Gasteiger partial charge in [0.15, 0.2) is 11.6 Å². The Morgan fingerprint density at radius 1 is 1.08 bits per heavy atom. The first-order valence-electron chi connectivity index (χ1n) is 11.4. The van der Waals surface area contributed by atoms with E-state index in [0.717, 1.165) is 40.1 Å². The Morgan fingerprint density at radius 2 is 1.89 bits per heavy atom. The summed E-state index contributed by atoms with van der Waals surface area (Å²) in [5, 5.41) is 12.6. The average Bonchev–Trinajstić information content (AvgIpc) is 2.89. The summed E-state index contributed by atoms with van der Waals surface area (Å²) >= 11 is 3.37. The van der Waals surface area contributed by atoms with Crippen LogP contribution in [0, 0.1) is 23.0 Å². The smallest absolute Gasteiger partial charge is 0.159 e. The third-order valence-corrected chi connectivity index (χ3v) is 5.99. The van der Waals surface area contributed by atoms with E-state index >= 15 is 0 Å². The van der Waals surface area contributed by atoms with Crippen molar-refractivity contribution in [1.29, 1.82) is 5.26 Å². The first-order valence-corrected chi connectivity index (χ1v) is 12.2. The fourth-order valence-corrected chi connectivity index (χ4v) is 3.86. The van der Waals surface area contributed by atoms with Crippen molar-refractivity contribution in [1.82, 2.24) is 5.32 Å². The van der Waals surface area contributed by atoms with Gasteiger partial charge in [0.1, 0.15) is 18.1 Å². The molecular formula is C29H27BrF2N2O2. The van der Waals surface area contributed by atoms with Crippen molar-refractivity contribution in [3.05, 3.63) is 105 Å². The number of halogens is 3. The van der Waals surface area contributed by atoms with Crippen LogP contribution in [0.25, 0.3) is 11.3 Å². The van der Waals surface area contributed by atoms with Gasteiger partial charge in [-0.1, -0.05) is 41.4 Å². The number of nitrogens with one attached hydrogen (secondary N) is 1. The van der Waals surface area contributed by atoms with Gasteiger partial charge in [0.25, 0.3) is 0 Å². The van der Waals surface area contributed by atoms with Gasteiger partial charge < -0.3 is 14.8 Å². The highest BCUT2D eigenvalue weighted by molar-refractivity contribution is 9.10. The normalized spacial score (nSPS) is 11.7. The van der Waals surface area contributed by atoms with Crippen molar-refractivity contribution in [3.8, 4) is 17.6 Å². The number of hydrogen-bond acceptors (Lipinski definition) is 4. The number of nitriles is 1. The minimum Gasteiger partial charge on any atom is -0.496 e. The van der Waals surface area contributed by atoms with E-state index in [1.54, 1.807) is 25.3 Å². The first kappa shape index (κ1) is 27.0. The summed E-state index contributed by atoms with van der Waals surface area (Å²) in [7, 11) is 1.58. The Bertz CT molecular complexity index is 1330. The third-order valence-electron chi connectivity index (χ3n) is 5.50. The van der Waals surface area contributed by atoms with E-state index in [1.165, 1.54) is 6.07 Å². The molecule has 3 aromatic rings. The van der Waals surface area contributed by atoms with Gasteiger partial charge in [-0.2, -0.15) is 5.26 Å². The molecule has 0 spiro atoms. The molecular weight excluding hydrogens is 526 g/mol. The summed E-state index contributed by atoms with van der Waals surface area (Å²) in [6.45, 7) is 4.22. The number of allylic oxidation sites excluding steroid dienone is 2. The van der Waals surface area contributed by atoms with E-state index in [9.17, 15) is 14.0 Å². The summed E-state index contributed by atoms with van der Waals surface area (Å²) < 4.78 is 39.5. The Balaban J connectivity index is 1.79. The van der Waals surface area contributed by atoms with Gasteiger partial charge in [0.05, 0.1) is 18.7 Å². The van der Waals surface area contributed by atoms with E-state index in [2.05, 4.69) is 27.3 Å². The molecule has 186 valence electrons. The van der Waals surface area contributed by atoms with Crippen molar-refractivity contribution >= 4 is 27.2 Å². The van der Waals surface area contributed by atoms with Crippen LogP contribution in [0.5, 0.6) is 11.5 Å². The minimum atomic E-state index is -0.889. The van der Waals surface area contributed by atoms with Gasteiger partial charge in [0.2, 0.25) is 0 Å². The molecule has 0 radical (unpaired) electrons. The largest absolute Gasteiger partial charge is 0.496 e.